The topological polar surface area (TPSA) is 56.1 Å². The van der Waals surface area contributed by atoms with Crippen LogP contribution in [0, 0.1) is 11.3 Å². The second-order valence-corrected chi connectivity index (χ2v) is 6.85. The molecule has 0 aromatic heterocycles. The third kappa shape index (κ3) is 4.93. The van der Waals surface area contributed by atoms with E-state index in [0.29, 0.717) is 13.0 Å². The molecule has 1 N–H and O–H groups in total. The Morgan fingerprint density at radius 2 is 1.58 bits per heavy atom. The van der Waals surface area contributed by atoms with Crippen molar-refractivity contribution in [3.63, 3.8) is 0 Å². The number of amides is 1. The fraction of sp³-hybridized carbons (Fsp3) is 0.364. The number of benzene rings is 2. The van der Waals surface area contributed by atoms with E-state index in [2.05, 4.69) is 40.6 Å². The van der Waals surface area contributed by atoms with Crippen molar-refractivity contribution < 1.29 is 4.79 Å². The molecule has 1 aliphatic rings. The Kier molecular flexibility index (Phi) is 6.40. The van der Waals surface area contributed by atoms with E-state index in [1.807, 2.05) is 36.4 Å². The lowest BCUT2D eigenvalue weighted by Crippen LogP contribution is -2.44. The van der Waals surface area contributed by atoms with E-state index < -0.39 is 0 Å². The lowest BCUT2D eigenvalue weighted by molar-refractivity contribution is -0.122. The van der Waals surface area contributed by atoms with Gasteiger partial charge in [-0.2, -0.15) is 5.26 Å². The first-order valence-corrected chi connectivity index (χ1v) is 9.25. The summed E-state index contributed by atoms with van der Waals surface area (Å²) in [6.45, 7) is 2.23. The molecule has 0 saturated carbocycles. The van der Waals surface area contributed by atoms with Gasteiger partial charge in [0.2, 0.25) is 5.91 Å². The Labute approximate surface area is 155 Å². The molecular formula is C22H25N3O. The van der Waals surface area contributed by atoms with Gasteiger partial charge in [-0.3, -0.25) is 9.69 Å². The molecule has 1 fully saturated rings. The van der Waals surface area contributed by atoms with E-state index in [0.717, 1.165) is 37.1 Å². The summed E-state index contributed by atoms with van der Waals surface area (Å²) in [7, 11) is 0. The average Bonchev–Trinajstić information content (AvgIpc) is 2.69. The fourth-order valence-corrected chi connectivity index (χ4v) is 3.61. The van der Waals surface area contributed by atoms with Gasteiger partial charge in [-0.05, 0) is 24.0 Å². The van der Waals surface area contributed by atoms with Crippen LogP contribution in [0.2, 0.25) is 0 Å². The molecule has 0 bridgehead atoms. The number of nitrogens with zero attached hydrogens (tertiary/aromatic N) is 2. The number of carbonyl (C=O) groups excluding carboxylic acids is 1. The van der Waals surface area contributed by atoms with E-state index in [4.69, 9.17) is 5.26 Å². The summed E-state index contributed by atoms with van der Waals surface area (Å²) >= 11 is 0. The summed E-state index contributed by atoms with van der Waals surface area (Å²) in [5, 5.41) is 12.0. The van der Waals surface area contributed by atoms with Crippen molar-refractivity contribution >= 4 is 5.91 Å². The van der Waals surface area contributed by atoms with E-state index in [9.17, 15) is 4.79 Å². The first-order valence-electron chi connectivity index (χ1n) is 9.25. The number of hydrogen-bond acceptors (Lipinski definition) is 3. The highest BCUT2D eigenvalue weighted by atomic mass is 16.1. The Morgan fingerprint density at radius 1 is 1.04 bits per heavy atom. The Morgan fingerprint density at radius 3 is 2.08 bits per heavy atom. The van der Waals surface area contributed by atoms with Gasteiger partial charge in [0.05, 0.1) is 12.6 Å². The minimum absolute atomic E-state index is 0.0658. The maximum Gasteiger partial charge on any atom is 0.221 e. The molecule has 0 atom stereocenters. The molecule has 1 aliphatic heterocycles. The van der Waals surface area contributed by atoms with Crippen molar-refractivity contribution in [3.8, 4) is 6.07 Å². The molecule has 134 valence electrons. The molecule has 0 aliphatic carbocycles. The Hall–Kier alpha value is -2.64. The highest BCUT2D eigenvalue weighted by Crippen LogP contribution is 2.28. The van der Waals surface area contributed by atoms with Gasteiger partial charge in [-0.15, -0.1) is 0 Å². The molecule has 2 aromatic rings. The molecule has 1 saturated heterocycles. The smallest absolute Gasteiger partial charge is 0.221 e. The number of nitriles is 1. The molecule has 3 rings (SSSR count). The summed E-state index contributed by atoms with van der Waals surface area (Å²) in [5.74, 6) is 0.164. The normalized spacial score (nSPS) is 15.5. The van der Waals surface area contributed by atoms with Crippen molar-refractivity contribution in [2.24, 2.45) is 0 Å². The van der Waals surface area contributed by atoms with Crippen LogP contribution in [-0.4, -0.2) is 36.5 Å². The number of rotatable bonds is 6. The molecule has 26 heavy (non-hydrogen) atoms. The van der Waals surface area contributed by atoms with Gasteiger partial charge in [-0.1, -0.05) is 60.7 Å². The van der Waals surface area contributed by atoms with Crippen LogP contribution in [0.15, 0.2) is 60.7 Å². The van der Waals surface area contributed by atoms with Crippen molar-refractivity contribution in [1.29, 1.82) is 5.26 Å². The molecule has 2 aromatic carbocycles. The zero-order valence-electron chi connectivity index (χ0n) is 15.0. The van der Waals surface area contributed by atoms with Crippen LogP contribution < -0.4 is 5.32 Å². The summed E-state index contributed by atoms with van der Waals surface area (Å²) in [5.41, 5.74) is 2.33. The van der Waals surface area contributed by atoms with Gasteiger partial charge < -0.3 is 5.32 Å². The second-order valence-electron chi connectivity index (χ2n) is 6.85. The maximum atomic E-state index is 12.7. The minimum Gasteiger partial charge on any atom is -0.353 e. The zero-order chi connectivity index (χ0) is 18.2. The summed E-state index contributed by atoms with van der Waals surface area (Å²) in [6, 6.07) is 22.9. The summed E-state index contributed by atoms with van der Waals surface area (Å²) in [4.78, 5) is 14.8. The van der Waals surface area contributed by atoms with Crippen molar-refractivity contribution in [2.75, 3.05) is 19.6 Å². The van der Waals surface area contributed by atoms with Crippen molar-refractivity contribution in [3.05, 3.63) is 71.8 Å². The van der Waals surface area contributed by atoms with Crippen LogP contribution >= 0.6 is 0 Å². The highest BCUT2D eigenvalue weighted by molar-refractivity contribution is 5.78. The molecular weight excluding hydrogens is 322 g/mol. The standard InChI is InChI=1S/C22H25N3O/c23-13-16-25-14-11-20(12-15-25)24-22(26)17-21(18-7-3-1-4-8-18)19-9-5-2-6-10-19/h1-10,20-21H,11-12,14-17H2,(H,24,26). The van der Waals surface area contributed by atoms with Crippen LogP contribution in [0.1, 0.15) is 36.3 Å². The number of carbonyl (C=O) groups is 1. The number of hydrogen-bond donors (Lipinski definition) is 1. The predicted octanol–water partition coefficient (Wildman–Crippen LogP) is 3.31. The molecule has 0 spiro atoms. The Balaban J connectivity index is 1.62. The van der Waals surface area contributed by atoms with Gasteiger partial charge in [0.15, 0.2) is 0 Å². The van der Waals surface area contributed by atoms with Crippen molar-refractivity contribution in [1.82, 2.24) is 10.2 Å². The van der Waals surface area contributed by atoms with Gasteiger partial charge in [0.1, 0.15) is 0 Å². The van der Waals surface area contributed by atoms with E-state index >= 15 is 0 Å². The van der Waals surface area contributed by atoms with Gasteiger partial charge in [0.25, 0.3) is 0 Å². The molecule has 0 radical (unpaired) electrons. The van der Waals surface area contributed by atoms with E-state index in [1.165, 1.54) is 0 Å². The van der Waals surface area contributed by atoms with Crippen LogP contribution in [0.3, 0.4) is 0 Å². The molecule has 4 nitrogen and oxygen atoms in total. The molecule has 1 amide bonds. The van der Waals surface area contributed by atoms with Crippen LogP contribution in [0.25, 0.3) is 0 Å². The Bertz CT molecular complexity index is 691. The maximum absolute atomic E-state index is 12.7. The van der Waals surface area contributed by atoms with Crippen molar-refractivity contribution in [2.45, 2.75) is 31.2 Å². The summed E-state index contributed by atoms with van der Waals surface area (Å²) in [6.07, 6.45) is 2.27. The van der Waals surface area contributed by atoms with E-state index in [1.54, 1.807) is 0 Å². The first kappa shape index (κ1) is 18.2. The summed E-state index contributed by atoms with van der Waals surface area (Å²) < 4.78 is 0. The van der Waals surface area contributed by atoms with E-state index in [-0.39, 0.29) is 17.9 Å². The molecule has 0 unspecified atom stereocenters. The zero-order valence-corrected chi connectivity index (χ0v) is 15.0. The third-order valence-corrected chi connectivity index (χ3v) is 5.04. The van der Waals surface area contributed by atoms with Crippen LogP contribution in [0.4, 0.5) is 0 Å². The largest absolute Gasteiger partial charge is 0.353 e. The second kappa shape index (κ2) is 9.17. The lowest BCUT2D eigenvalue weighted by Gasteiger charge is -2.31. The SMILES string of the molecule is N#CCN1CCC(NC(=O)CC(c2ccccc2)c2ccccc2)CC1. The highest BCUT2D eigenvalue weighted by Gasteiger charge is 2.23. The third-order valence-electron chi connectivity index (χ3n) is 5.04. The van der Waals surface area contributed by atoms with Crippen LogP contribution in [0.5, 0.6) is 0 Å². The average molecular weight is 347 g/mol. The van der Waals surface area contributed by atoms with Gasteiger partial charge in [0, 0.05) is 31.5 Å². The van der Waals surface area contributed by atoms with Gasteiger partial charge >= 0.3 is 0 Å². The predicted molar refractivity (Wildman–Crippen MR) is 103 cm³/mol. The quantitative estimate of drug-likeness (QED) is 0.816. The molecule has 4 heteroatoms. The molecule has 1 heterocycles. The van der Waals surface area contributed by atoms with Gasteiger partial charge in [-0.25, -0.2) is 0 Å². The number of likely N-dealkylation sites (tertiary alicyclic amines) is 1. The number of nitrogens with one attached hydrogen (secondary N) is 1. The van der Waals surface area contributed by atoms with Crippen LogP contribution in [-0.2, 0) is 4.79 Å². The lowest BCUT2D eigenvalue weighted by atomic mass is 9.88. The first-order chi connectivity index (χ1) is 12.8. The monoisotopic (exact) mass is 347 g/mol. The fourth-order valence-electron chi connectivity index (χ4n) is 3.61. The number of piperidine rings is 1. The minimum atomic E-state index is 0.0658.